The van der Waals surface area contributed by atoms with Crippen LogP contribution in [0.25, 0.3) is 10.9 Å². The number of nitrogens with zero attached hydrogens (tertiary/aromatic N) is 1. The van der Waals surface area contributed by atoms with Gasteiger partial charge in [0.15, 0.2) is 0 Å². The fourth-order valence-electron chi connectivity index (χ4n) is 2.34. The molecule has 1 amide bonds. The van der Waals surface area contributed by atoms with Crippen molar-refractivity contribution in [3.63, 3.8) is 0 Å². The second-order valence-corrected chi connectivity index (χ2v) is 5.05. The van der Waals surface area contributed by atoms with E-state index in [-0.39, 0.29) is 5.91 Å². The van der Waals surface area contributed by atoms with Crippen LogP contribution in [-0.2, 0) is 0 Å². The van der Waals surface area contributed by atoms with Crippen LogP contribution in [0.3, 0.4) is 0 Å². The smallest absolute Gasteiger partial charge is 0.251 e. The Labute approximate surface area is 134 Å². The Morgan fingerprint density at radius 2 is 2.00 bits per heavy atom. The van der Waals surface area contributed by atoms with Crippen molar-refractivity contribution in [3.05, 3.63) is 60.2 Å². The molecule has 23 heavy (non-hydrogen) atoms. The van der Waals surface area contributed by atoms with Gasteiger partial charge in [-0.05, 0) is 37.3 Å². The van der Waals surface area contributed by atoms with Crippen molar-refractivity contribution >= 4 is 22.6 Å². The quantitative estimate of drug-likeness (QED) is 0.775. The topological polar surface area (TPSA) is 77.2 Å². The number of nitrogens with two attached hydrogens (primary N) is 1. The summed E-state index contributed by atoms with van der Waals surface area (Å²) in [5.74, 6) is 1.45. The monoisotopic (exact) mass is 307 g/mol. The fourth-order valence-corrected chi connectivity index (χ4v) is 2.34. The number of nitrogen functional groups attached to an aromatic ring is 1. The maximum absolute atomic E-state index is 11.9. The van der Waals surface area contributed by atoms with E-state index in [2.05, 4.69) is 10.3 Å². The second-order valence-electron chi connectivity index (χ2n) is 5.05. The maximum Gasteiger partial charge on any atom is 0.251 e. The standard InChI is InChI=1S/C18H17N3O2/c1-2-20-18(22)12-6-5-7-13(10-12)23-16-11-17(19)21-15-9-4-3-8-14(15)16/h3-11H,2H2,1H3,(H2,19,21)(H,20,22). The number of rotatable bonds is 4. The third-order valence-electron chi connectivity index (χ3n) is 3.36. The van der Waals surface area contributed by atoms with E-state index in [1.807, 2.05) is 31.2 Å². The Balaban J connectivity index is 1.96. The highest BCUT2D eigenvalue weighted by molar-refractivity contribution is 5.94. The SMILES string of the molecule is CCNC(=O)c1cccc(Oc2cc(N)nc3ccccc23)c1. The van der Waals surface area contributed by atoms with Crippen LogP contribution in [0.4, 0.5) is 5.82 Å². The average molecular weight is 307 g/mol. The van der Waals surface area contributed by atoms with E-state index < -0.39 is 0 Å². The molecule has 5 nitrogen and oxygen atoms in total. The number of carbonyl (C=O) groups excluding carboxylic acids is 1. The lowest BCUT2D eigenvalue weighted by molar-refractivity contribution is 0.0955. The van der Waals surface area contributed by atoms with Gasteiger partial charge in [-0.25, -0.2) is 4.98 Å². The summed E-state index contributed by atoms with van der Waals surface area (Å²) < 4.78 is 5.94. The molecule has 0 bridgehead atoms. The minimum atomic E-state index is -0.128. The van der Waals surface area contributed by atoms with Crippen LogP contribution in [0.5, 0.6) is 11.5 Å². The molecule has 0 unspecified atom stereocenters. The third kappa shape index (κ3) is 3.23. The Morgan fingerprint density at radius 1 is 1.17 bits per heavy atom. The van der Waals surface area contributed by atoms with Crippen LogP contribution in [0, 0.1) is 0 Å². The van der Waals surface area contributed by atoms with E-state index in [9.17, 15) is 4.79 Å². The van der Waals surface area contributed by atoms with E-state index in [1.54, 1.807) is 30.3 Å². The van der Waals surface area contributed by atoms with Gasteiger partial charge in [0.25, 0.3) is 5.91 Å². The summed E-state index contributed by atoms with van der Waals surface area (Å²) in [5, 5.41) is 3.63. The van der Waals surface area contributed by atoms with Gasteiger partial charge < -0.3 is 15.8 Å². The molecular weight excluding hydrogens is 290 g/mol. The maximum atomic E-state index is 11.9. The van der Waals surface area contributed by atoms with Gasteiger partial charge in [-0.3, -0.25) is 4.79 Å². The number of hydrogen-bond acceptors (Lipinski definition) is 4. The Hall–Kier alpha value is -3.08. The number of amides is 1. The normalized spacial score (nSPS) is 10.5. The number of pyridine rings is 1. The lowest BCUT2D eigenvalue weighted by Crippen LogP contribution is -2.22. The number of benzene rings is 2. The van der Waals surface area contributed by atoms with Crippen molar-refractivity contribution in [2.45, 2.75) is 6.92 Å². The van der Waals surface area contributed by atoms with E-state index in [1.165, 1.54) is 0 Å². The molecule has 0 aliphatic carbocycles. The molecule has 1 aromatic heterocycles. The minimum Gasteiger partial charge on any atom is -0.456 e. The van der Waals surface area contributed by atoms with Gasteiger partial charge in [-0.1, -0.05) is 18.2 Å². The molecule has 0 aliphatic heterocycles. The molecule has 3 N–H and O–H groups in total. The van der Waals surface area contributed by atoms with E-state index in [0.29, 0.717) is 29.4 Å². The van der Waals surface area contributed by atoms with Crippen molar-refractivity contribution in [2.24, 2.45) is 0 Å². The molecule has 116 valence electrons. The molecule has 3 aromatic rings. The summed E-state index contributed by atoms with van der Waals surface area (Å²) in [6, 6.07) is 16.3. The second kappa shape index (κ2) is 6.36. The molecule has 0 atom stereocenters. The van der Waals surface area contributed by atoms with Gasteiger partial charge in [0, 0.05) is 23.6 Å². The third-order valence-corrected chi connectivity index (χ3v) is 3.36. The molecule has 2 aromatic carbocycles. The number of hydrogen-bond donors (Lipinski definition) is 2. The molecule has 0 saturated carbocycles. The summed E-state index contributed by atoms with van der Waals surface area (Å²) in [4.78, 5) is 16.2. The number of nitrogens with one attached hydrogen (secondary N) is 1. The van der Waals surface area contributed by atoms with Gasteiger partial charge in [0.1, 0.15) is 17.3 Å². The van der Waals surface area contributed by atoms with Crippen molar-refractivity contribution in [1.82, 2.24) is 10.3 Å². The van der Waals surface area contributed by atoms with E-state index in [0.717, 1.165) is 10.9 Å². The van der Waals surface area contributed by atoms with Crippen molar-refractivity contribution in [3.8, 4) is 11.5 Å². The number of carbonyl (C=O) groups is 1. The van der Waals surface area contributed by atoms with Crippen LogP contribution < -0.4 is 15.8 Å². The number of anilines is 1. The lowest BCUT2D eigenvalue weighted by Gasteiger charge is -2.11. The van der Waals surface area contributed by atoms with Gasteiger partial charge in [0.2, 0.25) is 0 Å². The Bertz CT molecular complexity index is 862. The number of aromatic nitrogens is 1. The first-order chi connectivity index (χ1) is 11.2. The van der Waals surface area contributed by atoms with Gasteiger partial charge >= 0.3 is 0 Å². The van der Waals surface area contributed by atoms with Crippen LogP contribution in [-0.4, -0.2) is 17.4 Å². The van der Waals surface area contributed by atoms with Crippen molar-refractivity contribution < 1.29 is 9.53 Å². The summed E-state index contributed by atoms with van der Waals surface area (Å²) >= 11 is 0. The highest BCUT2D eigenvalue weighted by atomic mass is 16.5. The fraction of sp³-hybridized carbons (Fsp3) is 0.111. The zero-order valence-electron chi connectivity index (χ0n) is 12.7. The summed E-state index contributed by atoms with van der Waals surface area (Å²) in [6.07, 6.45) is 0. The van der Waals surface area contributed by atoms with Gasteiger partial charge in [-0.15, -0.1) is 0 Å². The number of fused-ring (bicyclic) bond motifs is 1. The molecule has 0 saturated heterocycles. The minimum absolute atomic E-state index is 0.128. The average Bonchev–Trinajstić information content (AvgIpc) is 2.55. The summed E-state index contributed by atoms with van der Waals surface area (Å²) in [6.45, 7) is 2.46. The first kappa shape index (κ1) is 14.8. The molecule has 0 radical (unpaired) electrons. The van der Waals surface area contributed by atoms with Gasteiger partial charge in [-0.2, -0.15) is 0 Å². The van der Waals surface area contributed by atoms with Crippen LogP contribution in [0.1, 0.15) is 17.3 Å². The summed E-state index contributed by atoms with van der Waals surface area (Å²) in [7, 11) is 0. The molecule has 1 heterocycles. The van der Waals surface area contributed by atoms with E-state index >= 15 is 0 Å². The molecule has 3 rings (SSSR count). The molecule has 0 spiro atoms. The molecule has 5 heteroatoms. The van der Waals surface area contributed by atoms with E-state index in [4.69, 9.17) is 10.5 Å². The highest BCUT2D eigenvalue weighted by Gasteiger charge is 2.09. The molecule has 0 aliphatic rings. The zero-order valence-corrected chi connectivity index (χ0v) is 12.7. The Morgan fingerprint density at radius 3 is 2.83 bits per heavy atom. The van der Waals surface area contributed by atoms with Gasteiger partial charge in [0.05, 0.1) is 5.52 Å². The predicted octanol–water partition coefficient (Wildman–Crippen LogP) is 3.36. The highest BCUT2D eigenvalue weighted by Crippen LogP contribution is 2.30. The number of para-hydroxylation sites is 1. The lowest BCUT2D eigenvalue weighted by atomic mass is 10.2. The van der Waals surface area contributed by atoms with Crippen LogP contribution >= 0.6 is 0 Å². The largest absolute Gasteiger partial charge is 0.456 e. The Kier molecular flexibility index (Phi) is 4.10. The number of ether oxygens (including phenoxy) is 1. The molecule has 0 fully saturated rings. The van der Waals surface area contributed by atoms with Crippen molar-refractivity contribution in [2.75, 3.05) is 12.3 Å². The zero-order chi connectivity index (χ0) is 16.2. The van der Waals surface area contributed by atoms with Crippen LogP contribution in [0.2, 0.25) is 0 Å². The first-order valence-corrected chi connectivity index (χ1v) is 7.38. The predicted molar refractivity (Wildman–Crippen MR) is 90.7 cm³/mol. The molecular formula is C18H17N3O2. The van der Waals surface area contributed by atoms with Crippen molar-refractivity contribution in [1.29, 1.82) is 0 Å². The first-order valence-electron chi connectivity index (χ1n) is 7.38. The van der Waals surface area contributed by atoms with Crippen LogP contribution in [0.15, 0.2) is 54.6 Å². The summed E-state index contributed by atoms with van der Waals surface area (Å²) in [5.41, 5.74) is 7.16.